The monoisotopic (exact) mass is 343 g/mol. The summed E-state index contributed by atoms with van der Waals surface area (Å²) in [5, 5.41) is 0.797. The molecule has 0 bridgehead atoms. The normalized spacial score (nSPS) is 24.0. The molecule has 0 N–H and O–H groups in total. The second kappa shape index (κ2) is 5.54. The van der Waals surface area contributed by atoms with Crippen LogP contribution in [0.2, 0.25) is 0 Å². The largest absolute Gasteiger partial charge is 0.244 e. The van der Waals surface area contributed by atoms with Crippen LogP contribution in [0.4, 0.5) is 0 Å². The smallest absolute Gasteiger partial charge is 0.207 e. The number of hydrogen-bond acceptors (Lipinski definition) is 3. The molecule has 0 amide bonds. The van der Waals surface area contributed by atoms with Crippen LogP contribution in [0.3, 0.4) is 0 Å². The van der Waals surface area contributed by atoms with Crippen LogP contribution in [0.5, 0.6) is 0 Å². The van der Waals surface area contributed by atoms with E-state index in [0.29, 0.717) is 29.8 Å². The van der Waals surface area contributed by atoms with Gasteiger partial charge in [0.2, 0.25) is 10.0 Å². The molecule has 3 rings (SSSR count). The molecule has 0 spiro atoms. The minimum absolute atomic E-state index is 0.229. The molecule has 1 saturated heterocycles. The van der Waals surface area contributed by atoms with Crippen molar-refractivity contribution in [3.8, 4) is 0 Å². The fourth-order valence-electron chi connectivity index (χ4n) is 2.85. The Balaban J connectivity index is 2.15. The average Bonchev–Trinajstić information content (AvgIpc) is 3.00. The van der Waals surface area contributed by atoms with Gasteiger partial charge in [0, 0.05) is 28.1 Å². The van der Waals surface area contributed by atoms with Crippen molar-refractivity contribution in [2.24, 2.45) is 11.8 Å². The number of benzene rings is 1. The van der Waals surface area contributed by atoms with Crippen LogP contribution in [0.25, 0.3) is 10.1 Å². The Morgan fingerprint density at radius 3 is 2.48 bits per heavy atom. The zero-order valence-corrected chi connectivity index (χ0v) is 14.4. The number of fused-ring (bicyclic) bond motifs is 1. The van der Waals surface area contributed by atoms with Crippen molar-refractivity contribution >= 4 is 43.0 Å². The molecule has 2 aromatic rings. The van der Waals surface area contributed by atoms with E-state index in [2.05, 4.69) is 13.8 Å². The molecule has 2 heterocycles. The molecule has 6 heteroatoms. The van der Waals surface area contributed by atoms with Crippen molar-refractivity contribution in [2.75, 3.05) is 13.1 Å². The van der Waals surface area contributed by atoms with Gasteiger partial charge in [0.05, 0.1) is 5.88 Å². The fourth-order valence-corrected chi connectivity index (χ4v) is 6.61. The van der Waals surface area contributed by atoms with E-state index in [9.17, 15) is 8.42 Å². The van der Waals surface area contributed by atoms with Crippen LogP contribution < -0.4 is 0 Å². The maximum Gasteiger partial charge on any atom is 0.244 e. The minimum atomic E-state index is -3.47. The van der Waals surface area contributed by atoms with Gasteiger partial charge in [0.25, 0.3) is 0 Å². The molecule has 1 aromatic carbocycles. The van der Waals surface area contributed by atoms with E-state index in [1.54, 1.807) is 4.31 Å². The lowest BCUT2D eigenvalue weighted by Crippen LogP contribution is -2.29. The van der Waals surface area contributed by atoms with Gasteiger partial charge < -0.3 is 0 Å². The topological polar surface area (TPSA) is 37.4 Å². The molecule has 2 unspecified atom stereocenters. The van der Waals surface area contributed by atoms with Gasteiger partial charge >= 0.3 is 0 Å². The highest BCUT2D eigenvalue weighted by atomic mass is 35.5. The summed E-state index contributed by atoms with van der Waals surface area (Å²) in [5.41, 5.74) is 0. The summed E-state index contributed by atoms with van der Waals surface area (Å²) < 4.78 is 28.7. The summed E-state index contributed by atoms with van der Waals surface area (Å²) in [6.07, 6.45) is 0. The molecular weight excluding hydrogens is 326 g/mol. The number of rotatable bonds is 3. The first-order chi connectivity index (χ1) is 9.95. The number of hydrogen-bond donors (Lipinski definition) is 0. The van der Waals surface area contributed by atoms with Gasteiger partial charge in [0.15, 0.2) is 0 Å². The van der Waals surface area contributed by atoms with Gasteiger partial charge in [-0.1, -0.05) is 32.0 Å². The van der Waals surface area contributed by atoms with E-state index < -0.39 is 10.0 Å². The highest BCUT2D eigenvalue weighted by molar-refractivity contribution is 7.89. The van der Waals surface area contributed by atoms with Crippen molar-refractivity contribution in [1.29, 1.82) is 0 Å². The van der Waals surface area contributed by atoms with Crippen molar-refractivity contribution < 1.29 is 8.42 Å². The third kappa shape index (κ3) is 2.50. The van der Waals surface area contributed by atoms with Gasteiger partial charge in [-0.05, 0) is 17.9 Å². The summed E-state index contributed by atoms with van der Waals surface area (Å²) in [7, 11) is -3.47. The van der Waals surface area contributed by atoms with Crippen LogP contribution in [0.15, 0.2) is 29.2 Å². The zero-order valence-electron chi connectivity index (χ0n) is 12.0. The Labute approximate surface area is 134 Å². The highest BCUT2D eigenvalue weighted by Crippen LogP contribution is 2.39. The predicted molar refractivity (Wildman–Crippen MR) is 88.5 cm³/mol. The third-order valence-corrected chi connectivity index (χ3v) is 7.98. The molecule has 1 fully saturated rings. The number of nitrogens with zero attached hydrogens (tertiary/aromatic N) is 1. The molecule has 0 saturated carbocycles. The Bertz CT molecular complexity index is 759. The van der Waals surface area contributed by atoms with Crippen molar-refractivity contribution in [3.05, 3.63) is 29.1 Å². The van der Waals surface area contributed by atoms with Crippen LogP contribution in [0.1, 0.15) is 18.7 Å². The van der Waals surface area contributed by atoms with Gasteiger partial charge in [-0.3, -0.25) is 0 Å². The number of sulfonamides is 1. The molecule has 1 aromatic heterocycles. The Kier molecular flexibility index (Phi) is 4.03. The molecule has 3 nitrogen and oxygen atoms in total. The number of thiophene rings is 1. The first-order valence-electron chi connectivity index (χ1n) is 7.01. The van der Waals surface area contributed by atoms with Crippen LogP contribution >= 0.6 is 22.9 Å². The zero-order chi connectivity index (χ0) is 15.2. The highest BCUT2D eigenvalue weighted by Gasteiger charge is 2.37. The molecule has 114 valence electrons. The van der Waals surface area contributed by atoms with E-state index in [1.165, 1.54) is 11.3 Å². The molecular formula is C15H18ClNO2S2. The van der Waals surface area contributed by atoms with Gasteiger partial charge in [-0.25, -0.2) is 8.42 Å². The molecule has 21 heavy (non-hydrogen) atoms. The summed E-state index contributed by atoms with van der Waals surface area (Å²) in [6.45, 7) is 5.40. The van der Waals surface area contributed by atoms with E-state index in [4.69, 9.17) is 11.6 Å². The number of alkyl halides is 1. The molecule has 1 aliphatic heterocycles. The first kappa shape index (κ1) is 15.3. The maximum atomic E-state index is 13.1. The Hall–Kier alpha value is -0.620. The van der Waals surface area contributed by atoms with E-state index in [1.807, 2.05) is 24.3 Å². The van der Waals surface area contributed by atoms with Crippen LogP contribution in [0, 0.1) is 11.8 Å². The van der Waals surface area contributed by atoms with Gasteiger partial charge in [0.1, 0.15) is 4.90 Å². The second-order valence-electron chi connectivity index (χ2n) is 5.76. The van der Waals surface area contributed by atoms with Crippen molar-refractivity contribution in [2.45, 2.75) is 24.6 Å². The number of halogens is 1. The SMILES string of the molecule is CC1CN(S(=O)(=O)c2c(CCl)sc3ccccc23)CC1C. The van der Waals surface area contributed by atoms with Crippen molar-refractivity contribution in [1.82, 2.24) is 4.31 Å². The maximum absolute atomic E-state index is 13.1. The third-order valence-electron chi connectivity index (χ3n) is 4.29. The second-order valence-corrected chi connectivity index (χ2v) is 9.04. The van der Waals surface area contributed by atoms with Crippen molar-refractivity contribution in [3.63, 3.8) is 0 Å². The van der Waals surface area contributed by atoms with E-state index in [-0.39, 0.29) is 5.88 Å². The average molecular weight is 344 g/mol. The predicted octanol–water partition coefficient (Wildman–Crippen LogP) is 3.92. The van der Waals surface area contributed by atoms with E-state index in [0.717, 1.165) is 15.0 Å². The lowest BCUT2D eigenvalue weighted by molar-refractivity contribution is 0.464. The lowest BCUT2D eigenvalue weighted by atomic mass is 10.0. The van der Waals surface area contributed by atoms with Crippen LogP contribution in [-0.2, 0) is 15.9 Å². The summed E-state index contributed by atoms with van der Waals surface area (Å²) >= 11 is 7.47. The van der Waals surface area contributed by atoms with E-state index >= 15 is 0 Å². The summed E-state index contributed by atoms with van der Waals surface area (Å²) in [6, 6.07) is 7.62. The summed E-state index contributed by atoms with van der Waals surface area (Å²) in [5.74, 6) is 1.01. The van der Waals surface area contributed by atoms with Crippen LogP contribution in [-0.4, -0.2) is 25.8 Å². The van der Waals surface area contributed by atoms with Gasteiger partial charge in [-0.2, -0.15) is 4.31 Å². The quantitative estimate of drug-likeness (QED) is 0.792. The Morgan fingerprint density at radius 2 is 1.86 bits per heavy atom. The fraction of sp³-hybridized carbons (Fsp3) is 0.467. The summed E-state index contributed by atoms with van der Waals surface area (Å²) in [4.78, 5) is 1.16. The Morgan fingerprint density at radius 1 is 1.24 bits per heavy atom. The van der Waals surface area contributed by atoms with Gasteiger partial charge in [-0.15, -0.1) is 22.9 Å². The minimum Gasteiger partial charge on any atom is -0.207 e. The molecule has 1 aliphatic rings. The lowest BCUT2D eigenvalue weighted by Gasteiger charge is -2.16. The molecule has 0 aliphatic carbocycles. The first-order valence-corrected chi connectivity index (χ1v) is 9.80. The standard InChI is InChI=1S/C15H18ClNO2S2/c1-10-8-17(9-11(10)2)21(18,19)15-12-5-3-4-6-13(12)20-14(15)7-16/h3-6,10-11H,7-9H2,1-2H3. The molecule has 0 radical (unpaired) electrons. The molecule has 2 atom stereocenters.